The van der Waals surface area contributed by atoms with E-state index in [-0.39, 0.29) is 11.2 Å². The molecule has 27 heavy (non-hydrogen) atoms. The van der Waals surface area contributed by atoms with Crippen LogP contribution in [-0.2, 0) is 14.4 Å². The van der Waals surface area contributed by atoms with E-state index in [1.54, 1.807) is 49.4 Å². The standard InChI is InChI=1S/C19H17ClN2O4S/c1-12(19(26)22-14-7-5-13(20)6-8-14)27-16-4-2-3-15(11-16)21-17(23)9-10-18(24)25/h2-12H,1H3,(H,21,23)(H,22,26)(H,24,25)/b10-9+. The Morgan fingerprint density at radius 2 is 1.74 bits per heavy atom. The lowest BCUT2D eigenvalue weighted by atomic mass is 10.3. The molecule has 0 saturated carbocycles. The summed E-state index contributed by atoms with van der Waals surface area (Å²) in [6.45, 7) is 1.77. The highest BCUT2D eigenvalue weighted by Gasteiger charge is 2.15. The van der Waals surface area contributed by atoms with Crippen LogP contribution in [-0.4, -0.2) is 28.1 Å². The number of carboxylic acid groups (broad SMARTS) is 1. The van der Waals surface area contributed by atoms with Crippen molar-refractivity contribution in [1.29, 1.82) is 0 Å². The Balaban J connectivity index is 1.96. The Kier molecular flexibility index (Phi) is 7.45. The summed E-state index contributed by atoms with van der Waals surface area (Å²) in [5, 5.41) is 14.1. The van der Waals surface area contributed by atoms with Gasteiger partial charge in [-0.05, 0) is 49.4 Å². The molecule has 2 aromatic rings. The van der Waals surface area contributed by atoms with Gasteiger partial charge in [0.1, 0.15) is 0 Å². The first-order chi connectivity index (χ1) is 12.8. The number of rotatable bonds is 7. The molecular formula is C19H17ClN2O4S. The Morgan fingerprint density at radius 3 is 2.41 bits per heavy atom. The molecule has 3 N–H and O–H groups in total. The molecule has 0 saturated heterocycles. The van der Waals surface area contributed by atoms with E-state index in [0.717, 1.165) is 17.0 Å². The zero-order valence-electron chi connectivity index (χ0n) is 14.3. The van der Waals surface area contributed by atoms with Crippen molar-refractivity contribution in [2.75, 3.05) is 10.6 Å². The van der Waals surface area contributed by atoms with Crippen LogP contribution < -0.4 is 10.6 Å². The Morgan fingerprint density at radius 1 is 1.04 bits per heavy atom. The summed E-state index contributed by atoms with van der Waals surface area (Å²) in [5.41, 5.74) is 1.16. The maximum Gasteiger partial charge on any atom is 0.328 e. The molecule has 0 aliphatic heterocycles. The normalized spacial score (nSPS) is 11.8. The van der Waals surface area contributed by atoms with Crippen molar-refractivity contribution in [3.05, 3.63) is 65.7 Å². The van der Waals surface area contributed by atoms with Gasteiger partial charge in [0.15, 0.2) is 0 Å². The van der Waals surface area contributed by atoms with Gasteiger partial charge in [-0.25, -0.2) is 4.79 Å². The quantitative estimate of drug-likeness (QED) is 0.478. The van der Waals surface area contributed by atoms with Gasteiger partial charge in [-0.15, -0.1) is 11.8 Å². The first-order valence-electron chi connectivity index (χ1n) is 7.88. The molecular weight excluding hydrogens is 388 g/mol. The monoisotopic (exact) mass is 404 g/mol. The predicted molar refractivity (Wildman–Crippen MR) is 107 cm³/mol. The molecule has 2 aromatic carbocycles. The molecule has 8 heteroatoms. The molecule has 0 spiro atoms. The summed E-state index contributed by atoms with van der Waals surface area (Å²) in [7, 11) is 0. The van der Waals surface area contributed by atoms with Crippen molar-refractivity contribution in [3.63, 3.8) is 0 Å². The van der Waals surface area contributed by atoms with E-state index in [1.807, 2.05) is 6.07 Å². The van der Waals surface area contributed by atoms with Crippen LogP contribution in [0.15, 0.2) is 65.6 Å². The number of amides is 2. The van der Waals surface area contributed by atoms with Crippen LogP contribution in [0.2, 0.25) is 5.02 Å². The van der Waals surface area contributed by atoms with Gasteiger partial charge in [-0.1, -0.05) is 17.7 Å². The second-order valence-corrected chi connectivity index (χ2v) is 7.30. The molecule has 0 radical (unpaired) electrons. The third kappa shape index (κ3) is 7.16. The zero-order valence-corrected chi connectivity index (χ0v) is 15.9. The number of aliphatic carboxylic acids is 1. The van der Waals surface area contributed by atoms with Crippen molar-refractivity contribution in [1.82, 2.24) is 0 Å². The highest BCUT2D eigenvalue weighted by atomic mass is 35.5. The molecule has 0 aromatic heterocycles. The number of hydrogen-bond donors (Lipinski definition) is 3. The Labute approximate surface area is 165 Å². The van der Waals surface area contributed by atoms with Crippen LogP contribution in [0.1, 0.15) is 6.92 Å². The fraction of sp³-hybridized carbons (Fsp3) is 0.105. The molecule has 1 unspecified atom stereocenters. The van der Waals surface area contributed by atoms with Gasteiger partial charge >= 0.3 is 5.97 Å². The average molecular weight is 405 g/mol. The Bertz CT molecular complexity index is 868. The van der Waals surface area contributed by atoms with Gasteiger partial charge in [0.25, 0.3) is 0 Å². The summed E-state index contributed by atoms with van der Waals surface area (Å²) in [6, 6.07) is 13.8. The minimum atomic E-state index is -1.20. The van der Waals surface area contributed by atoms with Gasteiger partial charge in [-0.2, -0.15) is 0 Å². The number of halogens is 1. The fourth-order valence-electron chi connectivity index (χ4n) is 2.01. The van der Waals surface area contributed by atoms with E-state index < -0.39 is 11.9 Å². The number of anilines is 2. The zero-order chi connectivity index (χ0) is 19.8. The average Bonchev–Trinajstić information content (AvgIpc) is 2.62. The summed E-state index contributed by atoms with van der Waals surface area (Å²) in [6.07, 6.45) is 1.70. The molecule has 2 amide bonds. The third-order valence-electron chi connectivity index (χ3n) is 3.27. The minimum Gasteiger partial charge on any atom is -0.478 e. The Hall–Kier alpha value is -2.77. The lowest BCUT2D eigenvalue weighted by Gasteiger charge is -2.13. The van der Waals surface area contributed by atoms with Crippen LogP contribution >= 0.6 is 23.4 Å². The van der Waals surface area contributed by atoms with Crippen molar-refractivity contribution in [3.8, 4) is 0 Å². The first kappa shape index (κ1) is 20.5. The van der Waals surface area contributed by atoms with Crippen LogP contribution in [0.3, 0.4) is 0 Å². The highest BCUT2D eigenvalue weighted by molar-refractivity contribution is 8.00. The summed E-state index contributed by atoms with van der Waals surface area (Å²) in [5.74, 6) is -1.91. The van der Waals surface area contributed by atoms with Crippen molar-refractivity contribution in [2.45, 2.75) is 17.1 Å². The van der Waals surface area contributed by atoms with Crippen LogP contribution in [0.5, 0.6) is 0 Å². The SMILES string of the molecule is CC(Sc1cccc(NC(=O)/C=C/C(=O)O)c1)C(=O)Nc1ccc(Cl)cc1. The van der Waals surface area contributed by atoms with Crippen molar-refractivity contribution < 1.29 is 19.5 Å². The maximum absolute atomic E-state index is 12.3. The summed E-state index contributed by atoms with van der Waals surface area (Å²) in [4.78, 5) is 35.2. The lowest BCUT2D eigenvalue weighted by Crippen LogP contribution is -2.22. The minimum absolute atomic E-state index is 0.166. The number of thioether (sulfide) groups is 1. The fourth-order valence-corrected chi connectivity index (χ4v) is 3.07. The second kappa shape index (κ2) is 9.80. The van der Waals surface area contributed by atoms with Crippen molar-refractivity contribution in [2.24, 2.45) is 0 Å². The topological polar surface area (TPSA) is 95.5 Å². The number of carbonyl (C=O) groups excluding carboxylic acids is 2. The number of carboxylic acids is 1. The highest BCUT2D eigenvalue weighted by Crippen LogP contribution is 2.26. The maximum atomic E-state index is 12.3. The molecule has 0 heterocycles. The largest absolute Gasteiger partial charge is 0.478 e. The van der Waals surface area contributed by atoms with E-state index in [2.05, 4.69) is 10.6 Å². The molecule has 0 aliphatic carbocycles. The summed E-state index contributed by atoms with van der Waals surface area (Å²) < 4.78 is 0. The van der Waals surface area contributed by atoms with Gasteiger partial charge < -0.3 is 15.7 Å². The smallest absolute Gasteiger partial charge is 0.328 e. The molecule has 0 fully saturated rings. The number of carbonyl (C=O) groups is 3. The van der Waals surface area contributed by atoms with E-state index in [0.29, 0.717) is 16.4 Å². The first-order valence-corrected chi connectivity index (χ1v) is 9.14. The molecule has 6 nitrogen and oxygen atoms in total. The van der Waals surface area contributed by atoms with Gasteiger partial charge in [-0.3, -0.25) is 9.59 Å². The second-order valence-electron chi connectivity index (χ2n) is 5.44. The molecule has 140 valence electrons. The van der Waals surface area contributed by atoms with E-state index in [1.165, 1.54) is 11.8 Å². The van der Waals surface area contributed by atoms with E-state index in [9.17, 15) is 14.4 Å². The number of hydrogen-bond acceptors (Lipinski definition) is 4. The van der Waals surface area contributed by atoms with Crippen molar-refractivity contribution >= 4 is 52.5 Å². The molecule has 0 bridgehead atoms. The number of nitrogens with one attached hydrogen (secondary N) is 2. The van der Waals surface area contributed by atoms with Crippen LogP contribution in [0.4, 0.5) is 11.4 Å². The third-order valence-corrected chi connectivity index (χ3v) is 4.62. The van der Waals surface area contributed by atoms with Gasteiger partial charge in [0.05, 0.1) is 5.25 Å². The lowest BCUT2D eigenvalue weighted by molar-refractivity contribution is -0.131. The number of benzene rings is 2. The van der Waals surface area contributed by atoms with E-state index >= 15 is 0 Å². The predicted octanol–water partition coefficient (Wildman–Crippen LogP) is 4.04. The van der Waals surface area contributed by atoms with Crippen LogP contribution in [0.25, 0.3) is 0 Å². The van der Waals surface area contributed by atoms with Gasteiger partial charge in [0, 0.05) is 33.4 Å². The molecule has 0 aliphatic rings. The van der Waals surface area contributed by atoms with E-state index in [4.69, 9.17) is 16.7 Å². The van der Waals surface area contributed by atoms with Crippen LogP contribution in [0, 0.1) is 0 Å². The summed E-state index contributed by atoms with van der Waals surface area (Å²) >= 11 is 7.16. The molecule has 1 atom stereocenters. The molecule has 2 rings (SSSR count). The van der Waals surface area contributed by atoms with Gasteiger partial charge in [0.2, 0.25) is 11.8 Å².